The van der Waals surface area contributed by atoms with Crippen LogP contribution in [0.4, 0.5) is 5.82 Å². The van der Waals surface area contributed by atoms with Crippen LogP contribution in [0.25, 0.3) is 0 Å². The van der Waals surface area contributed by atoms with Crippen molar-refractivity contribution in [3.63, 3.8) is 0 Å². The minimum absolute atomic E-state index is 0.231. The van der Waals surface area contributed by atoms with Gasteiger partial charge in [-0.05, 0) is 43.9 Å². The molecule has 1 unspecified atom stereocenters. The van der Waals surface area contributed by atoms with Crippen molar-refractivity contribution >= 4 is 39.3 Å². The molecule has 6 heteroatoms. The molecule has 1 amide bonds. The average Bonchev–Trinajstić information content (AvgIpc) is 3.21. The minimum Gasteiger partial charge on any atom is -0.307 e. The summed E-state index contributed by atoms with van der Waals surface area (Å²) in [6, 6.07) is 7.32. The van der Waals surface area contributed by atoms with Gasteiger partial charge in [0.15, 0.2) is 0 Å². The van der Waals surface area contributed by atoms with Crippen LogP contribution in [0.15, 0.2) is 34.9 Å². The Kier molecular flexibility index (Phi) is 4.04. The number of amides is 1. The Labute approximate surface area is 136 Å². The van der Waals surface area contributed by atoms with E-state index < -0.39 is 0 Å². The minimum atomic E-state index is -0.231. The first-order valence-corrected chi connectivity index (χ1v) is 8.03. The fourth-order valence-corrected chi connectivity index (χ4v) is 2.94. The smallest absolute Gasteiger partial charge is 0.258 e. The predicted octanol–water partition coefficient (Wildman–Crippen LogP) is 4.52. The monoisotopic (exact) mass is 367 g/mol. The second kappa shape index (κ2) is 5.81. The lowest BCUT2D eigenvalue weighted by Gasteiger charge is -2.15. The molecular formula is C15H15BrClN3O. The zero-order valence-corrected chi connectivity index (χ0v) is 13.9. The summed E-state index contributed by atoms with van der Waals surface area (Å²) >= 11 is 9.44. The molecule has 2 aromatic rings. The molecule has 1 aliphatic carbocycles. The topological polar surface area (TPSA) is 46.9 Å². The number of carbonyl (C=O) groups excluding carboxylic acids is 1. The molecule has 0 spiro atoms. The van der Waals surface area contributed by atoms with Crippen LogP contribution in [0, 0.1) is 5.92 Å². The molecule has 1 aliphatic rings. The Morgan fingerprint density at radius 2 is 2.24 bits per heavy atom. The fourth-order valence-electron chi connectivity index (χ4n) is 2.37. The molecule has 1 saturated carbocycles. The highest BCUT2D eigenvalue weighted by Gasteiger charge is 2.30. The van der Waals surface area contributed by atoms with E-state index in [-0.39, 0.29) is 5.91 Å². The lowest BCUT2D eigenvalue weighted by Crippen LogP contribution is -2.18. The number of nitrogens with zero attached hydrogens (tertiary/aromatic N) is 2. The molecule has 0 bridgehead atoms. The molecule has 110 valence electrons. The standard InChI is InChI=1S/C15H15BrClN3O/c1-9(10-2-3-10)20-14(6-7-18-20)19-15(21)12-8-11(16)4-5-13(12)17/h4-10H,2-3H2,1H3,(H,19,21). The van der Waals surface area contributed by atoms with Gasteiger partial charge in [0.1, 0.15) is 5.82 Å². The highest BCUT2D eigenvalue weighted by Crippen LogP contribution is 2.40. The molecule has 1 heterocycles. The molecule has 3 rings (SSSR count). The van der Waals surface area contributed by atoms with Crippen molar-refractivity contribution in [3.05, 3.63) is 45.5 Å². The number of rotatable bonds is 4. The van der Waals surface area contributed by atoms with E-state index in [9.17, 15) is 4.79 Å². The maximum atomic E-state index is 12.4. The van der Waals surface area contributed by atoms with Crippen LogP contribution < -0.4 is 5.32 Å². The predicted molar refractivity (Wildman–Crippen MR) is 86.8 cm³/mol. The zero-order chi connectivity index (χ0) is 15.0. The van der Waals surface area contributed by atoms with E-state index in [1.807, 2.05) is 10.7 Å². The van der Waals surface area contributed by atoms with Crippen LogP contribution in [0.5, 0.6) is 0 Å². The van der Waals surface area contributed by atoms with Gasteiger partial charge in [-0.3, -0.25) is 4.79 Å². The van der Waals surface area contributed by atoms with Crippen LogP contribution in [0.3, 0.4) is 0 Å². The highest BCUT2D eigenvalue weighted by atomic mass is 79.9. The summed E-state index contributed by atoms with van der Waals surface area (Å²) in [6.07, 6.45) is 4.16. The van der Waals surface area contributed by atoms with Crippen LogP contribution in [0.1, 0.15) is 36.2 Å². The SMILES string of the molecule is CC(C1CC1)n1nccc1NC(=O)c1cc(Br)ccc1Cl. The maximum Gasteiger partial charge on any atom is 0.258 e. The number of nitrogens with one attached hydrogen (secondary N) is 1. The van der Waals surface area contributed by atoms with Crippen LogP contribution in [0.2, 0.25) is 5.02 Å². The molecule has 0 saturated heterocycles. The molecule has 1 atom stereocenters. The van der Waals surface area contributed by atoms with Crippen LogP contribution in [-0.2, 0) is 0 Å². The number of halogens is 2. The van der Waals surface area contributed by atoms with E-state index in [4.69, 9.17) is 11.6 Å². The fraction of sp³-hybridized carbons (Fsp3) is 0.333. The number of benzene rings is 1. The van der Waals surface area contributed by atoms with E-state index in [2.05, 4.69) is 33.3 Å². The van der Waals surface area contributed by atoms with Gasteiger partial charge in [0, 0.05) is 10.5 Å². The van der Waals surface area contributed by atoms with Crippen molar-refractivity contribution < 1.29 is 4.79 Å². The summed E-state index contributed by atoms with van der Waals surface area (Å²) < 4.78 is 2.69. The van der Waals surface area contributed by atoms with Gasteiger partial charge in [-0.1, -0.05) is 27.5 Å². The molecule has 21 heavy (non-hydrogen) atoms. The summed E-state index contributed by atoms with van der Waals surface area (Å²) in [5, 5.41) is 7.65. The van der Waals surface area contributed by atoms with E-state index >= 15 is 0 Å². The van der Waals surface area contributed by atoms with Gasteiger partial charge in [-0.25, -0.2) is 4.68 Å². The van der Waals surface area contributed by atoms with E-state index in [0.29, 0.717) is 28.4 Å². The Balaban J connectivity index is 1.82. The van der Waals surface area contributed by atoms with Crippen molar-refractivity contribution in [1.82, 2.24) is 9.78 Å². The van der Waals surface area contributed by atoms with E-state index in [1.165, 1.54) is 12.8 Å². The summed E-state index contributed by atoms with van der Waals surface area (Å²) in [7, 11) is 0. The third-order valence-electron chi connectivity index (χ3n) is 3.77. The largest absolute Gasteiger partial charge is 0.307 e. The summed E-state index contributed by atoms with van der Waals surface area (Å²) in [4.78, 5) is 12.4. The van der Waals surface area contributed by atoms with Crippen molar-refractivity contribution in [1.29, 1.82) is 0 Å². The summed E-state index contributed by atoms with van der Waals surface area (Å²) in [5.41, 5.74) is 0.442. The Morgan fingerprint density at radius 1 is 1.48 bits per heavy atom. The second-order valence-corrected chi connectivity index (χ2v) is 6.64. The van der Waals surface area contributed by atoms with Crippen molar-refractivity contribution in [2.24, 2.45) is 5.92 Å². The first-order valence-electron chi connectivity index (χ1n) is 6.86. The van der Waals surface area contributed by atoms with Crippen LogP contribution in [-0.4, -0.2) is 15.7 Å². The molecule has 1 aromatic carbocycles. The van der Waals surface area contributed by atoms with E-state index in [1.54, 1.807) is 24.4 Å². The van der Waals surface area contributed by atoms with E-state index in [0.717, 1.165) is 4.47 Å². The van der Waals surface area contributed by atoms with Gasteiger partial charge in [-0.15, -0.1) is 0 Å². The number of anilines is 1. The lowest BCUT2D eigenvalue weighted by atomic mass is 10.2. The maximum absolute atomic E-state index is 12.4. The van der Waals surface area contributed by atoms with Crippen LogP contribution >= 0.6 is 27.5 Å². The Hall–Kier alpha value is -1.33. The third kappa shape index (κ3) is 3.14. The zero-order valence-electron chi connectivity index (χ0n) is 11.5. The van der Waals surface area contributed by atoms with Crippen molar-refractivity contribution in [3.8, 4) is 0 Å². The van der Waals surface area contributed by atoms with Gasteiger partial charge < -0.3 is 5.32 Å². The molecule has 0 radical (unpaired) electrons. The second-order valence-electron chi connectivity index (χ2n) is 5.32. The third-order valence-corrected chi connectivity index (χ3v) is 4.60. The molecule has 4 nitrogen and oxygen atoms in total. The highest BCUT2D eigenvalue weighted by molar-refractivity contribution is 9.10. The summed E-state index contributed by atoms with van der Waals surface area (Å²) in [5.74, 6) is 1.14. The Morgan fingerprint density at radius 3 is 2.95 bits per heavy atom. The van der Waals surface area contributed by atoms with Gasteiger partial charge in [0.2, 0.25) is 0 Å². The number of aromatic nitrogens is 2. The molecular weight excluding hydrogens is 354 g/mol. The quantitative estimate of drug-likeness (QED) is 0.862. The normalized spacial score (nSPS) is 15.8. The molecule has 0 aliphatic heterocycles. The average molecular weight is 369 g/mol. The first kappa shape index (κ1) is 14.6. The Bertz CT molecular complexity index is 681. The van der Waals surface area contributed by atoms with Gasteiger partial charge >= 0.3 is 0 Å². The lowest BCUT2D eigenvalue weighted by molar-refractivity contribution is 0.102. The first-order chi connectivity index (χ1) is 10.1. The molecule has 1 fully saturated rings. The van der Waals surface area contributed by atoms with Gasteiger partial charge in [-0.2, -0.15) is 5.10 Å². The molecule has 1 N–H and O–H groups in total. The van der Waals surface area contributed by atoms with Gasteiger partial charge in [0.05, 0.1) is 22.8 Å². The van der Waals surface area contributed by atoms with Gasteiger partial charge in [0.25, 0.3) is 5.91 Å². The molecule has 1 aromatic heterocycles. The van der Waals surface area contributed by atoms with Crippen molar-refractivity contribution in [2.45, 2.75) is 25.8 Å². The van der Waals surface area contributed by atoms with Crippen molar-refractivity contribution in [2.75, 3.05) is 5.32 Å². The number of hydrogen-bond acceptors (Lipinski definition) is 2. The summed E-state index contributed by atoms with van der Waals surface area (Å²) in [6.45, 7) is 2.13. The number of carbonyl (C=O) groups is 1. The number of hydrogen-bond donors (Lipinski definition) is 1.